The zero-order valence-electron chi connectivity index (χ0n) is 8.92. The minimum absolute atomic E-state index is 0.120. The average molecular weight is 216 g/mol. The van der Waals surface area contributed by atoms with Gasteiger partial charge in [0.05, 0.1) is 11.8 Å². The molecule has 0 aliphatic rings. The highest BCUT2D eigenvalue weighted by Gasteiger charge is 2.06. The van der Waals surface area contributed by atoms with E-state index >= 15 is 0 Å². The first-order valence-corrected chi connectivity index (χ1v) is 4.91. The Kier molecular flexibility index (Phi) is 2.95. The number of aryl methyl sites for hydroxylation is 1. The average Bonchev–Trinajstić information content (AvgIpc) is 2.74. The number of amides is 1. The summed E-state index contributed by atoms with van der Waals surface area (Å²) in [4.78, 5) is 15.6. The number of hydrogen-bond donors (Lipinski definition) is 1. The second kappa shape index (κ2) is 4.57. The van der Waals surface area contributed by atoms with Crippen molar-refractivity contribution in [3.05, 3.63) is 48.0 Å². The number of nitrogens with one attached hydrogen (secondary N) is 1. The first kappa shape index (κ1) is 10.4. The molecule has 5 nitrogen and oxygen atoms in total. The van der Waals surface area contributed by atoms with E-state index in [-0.39, 0.29) is 5.91 Å². The van der Waals surface area contributed by atoms with Gasteiger partial charge in [-0.05, 0) is 17.7 Å². The summed E-state index contributed by atoms with van der Waals surface area (Å²) in [6.07, 6.45) is 6.63. The normalized spacial score (nSPS) is 10.1. The molecular weight excluding hydrogens is 204 g/mol. The summed E-state index contributed by atoms with van der Waals surface area (Å²) in [5.41, 5.74) is 1.59. The second-order valence-electron chi connectivity index (χ2n) is 3.44. The van der Waals surface area contributed by atoms with Crippen molar-refractivity contribution < 1.29 is 4.79 Å². The fourth-order valence-electron chi connectivity index (χ4n) is 1.32. The Morgan fingerprint density at radius 3 is 2.81 bits per heavy atom. The van der Waals surface area contributed by atoms with E-state index in [2.05, 4.69) is 15.4 Å². The fraction of sp³-hybridized carbons (Fsp3) is 0.182. The molecule has 0 aliphatic carbocycles. The molecule has 0 unspecified atom stereocenters. The van der Waals surface area contributed by atoms with Gasteiger partial charge in [-0.2, -0.15) is 5.10 Å². The maximum absolute atomic E-state index is 11.7. The molecular formula is C11H12N4O. The van der Waals surface area contributed by atoms with Crippen LogP contribution < -0.4 is 5.32 Å². The highest BCUT2D eigenvalue weighted by molar-refractivity contribution is 5.93. The van der Waals surface area contributed by atoms with Crippen LogP contribution in [0.5, 0.6) is 0 Å². The predicted octanol–water partition coefficient (Wildman–Crippen LogP) is 0.745. The quantitative estimate of drug-likeness (QED) is 0.823. The summed E-state index contributed by atoms with van der Waals surface area (Å²) < 4.78 is 1.60. The van der Waals surface area contributed by atoms with Crippen LogP contribution in [-0.4, -0.2) is 20.7 Å². The number of pyridine rings is 1. The number of carbonyl (C=O) groups is 1. The Balaban J connectivity index is 1.94. The summed E-state index contributed by atoms with van der Waals surface area (Å²) in [5.74, 6) is -0.120. The lowest BCUT2D eigenvalue weighted by molar-refractivity contribution is 0.0951. The standard InChI is InChI=1S/C11H12N4O/c1-15-8-10(7-14-15)11(16)13-6-9-2-4-12-5-3-9/h2-5,7-8H,6H2,1H3,(H,13,16). The molecule has 2 heterocycles. The van der Waals surface area contributed by atoms with Crippen molar-refractivity contribution in [2.24, 2.45) is 7.05 Å². The minimum atomic E-state index is -0.120. The first-order chi connectivity index (χ1) is 7.75. The molecule has 2 aromatic rings. The van der Waals surface area contributed by atoms with Crippen molar-refractivity contribution in [3.8, 4) is 0 Å². The van der Waals surface area contributed by atoms with Crippen molar-refractivity contribution in [2.45, 2.75) is 6.54 Å². The Hall–Kier alpha value is -2.17. The highest BCUT2D eigenvalue weighted by Crippen LogP contribution is 1.99. The van der Waals surface area contributed by atoms with E-state index in [0.717, 1.165) is 5.56 Å². The molecule has 0 bridgehead atoms. The van der Waals surface area contributed by atoms with Crippen LogP contribution in [0.4, 0.5) is 0 Å². The van der Waals surface area contributed by atoms with Crippen molar-refractivity contribution in [1.29, 1.82) is 0 Å². The molecule has 0 fully saturated rings. The summed E-state index contributed by atoms with van der Waals surface area (Å²) in [7, 11) is 1.78. The molecule has 16 heavy (non-hydrogen) atoms. The summed E-state index contributed by atoms with van der Waals surface area (Å²) in [6, 6.07) is 3.73. The molecule has 1 amide bonds. The maximum Gasteiger partial charge on any atom is 0.254 e. The van der Waals surface area contributed by atoms with Crippen molar-refractivity contribution in [2.75, 3.05) is 0 Å². The number of rotatable bonds is 3. The molecule has 1 N–H and O–H groups in total. The third kappa shape index (κ3) is 2.44. The third-order valence-electron chi connectivity index (χ3n) is 2.17. The Morgan fingerprint density at radius 1 is 1.44 bits per heavy atom. The smallest absolute Gasteiger partial charge is 0.254 e. The number of aromatic nitrogens is 3. The van der Waals surface area contributed by atoms with E-state index in [1.807, 2.05) is 12.1 Å². The van der Waals surface area contributed by atoms with E-state index in [0.29, 0.717) is 12.1 Å². The van der Waals surface area contributed by atoms with Gasteiger partial charge in [-0.3, -0.25) is 14.5 Å². The van der Waals surface area contributed by atoms with Crippen LogP contribution in [-0.2, 0) is 13.6 Å². The molecule has 0 spiro atoms. The van der Waals surface area contributed by atoms with Gasteiger partial charge < -0.3 is 5.32 Å². The van der Waals surface area contributed by atoms with E-state index in [4.69, 9.17) is 0 Å². The van der Waals surface area contributed by atoms with Gasteiger partial charge in [0.1, 0.15) is 0 Å². The predicted molar refractivity (Wildman–Crippen MR) is 58.6 cm³/mol. The molecule has 0 aliphatic heterocycles. The van der Waals surface area contributed by atoms with Gasteiger partial charge in [0.2, 0.25) is 0 Å². The monoisotopic (exact) mass is 216 g/mol. The topological polar surface area (TPSA) is 59.8 Å². The van der Waals surface area contributed by atoms with Crippen molar-refractivity contribution >= 4 is 5.91 Å². The van der Waals surface area contributed by atoms with Gasteiger partial charge in [-0.25, -0.2) is 0 Å². The number of nitrogens with zero attached hydrogens (tertiary/aromatic N) is 3. The van der Waals surface area contributed by atoms with Gasteiger partial charge >= 0.3 is 0 Å². The van der Waals surface area contributed by atoms with Gasteiger partial charge in [0, 0.05) is 32.2 Å². The van der Waals surface area contributed by atoms with Crippen LogP contribution in [0, 0.1) is 0 Å². The molecule has 82 valence electrons. The lowest BCUT2D eigenvalue weighted by atomic mass is 10.2. The van der Waals surface area contributed by atoms with Crippen LogP contribution in [0.15, 0.2) is 36.9 Å². The molecule has 5 heteroatoms. The van der Waals surface area contributed by atoms with E-state index in [1.54, 1.807) is 36.5 Å². The Morgan fingerprint density at radius 2 is 2.19 bits per heavy atom. The van der Waals surface area contributed by atoms with Crippen LogP contribution in [0.2, 0.25) is 0 Å². The zero-order valence-corrected chi connectivity index (χ0v) is 8.92. The number of carbonyl (C=O) groups excluding carboxylic acids is 1. The van der Waals surface area contributed by atoms with Crippen LogP contribution in [0.25, 0.3) is 0 Å². The van der Waals surface area contributed by atoms with Crippen LogP contribution >= 0.6 is 0 Å². The zero-order chi connectivity index (χ0) is 11.4. The molecule has 0 saturated heterocycles. The lowest BCUT2D eigenvalue weighted by Crippen LogP contribution is -2.22. The van der Waals surface area contributed by atoms with Crippen LogP contribution in [0.3, 0.4) is 0 Å². The van der Waals surface area contributed by atoms with E-state index < -0.39 is 0 Å². The summed E-state index contributed by atoms with van der Waals surface area (Å²) >= 11 is 0. The minimum Gasteiger partial charge on any atom is -0.348 e. The molecule has 0 saturated carbocycles. The van der Waals surface area contributed by atoms with Crippen molar-refractivity contribution in [1.82, 2.24) is 20.1 Å². The number of hydrogen-bond acceptors (Lipinski definition) is 3. The highest BCUT2D eigenvalue weighted by atomic mass is 16.1. The molecule has 0 aromatic carbocycles. The summed E-state index contributed by atoms with van der Waals surface area (Å²) in [5, 5.41) is 6.75. The molecule has 2 aromatic heterocycles. The molecule has 0 radical (unpaired) electrons. The first-order valence-electron chi connectivity index (χ1n) is 4.91. The lowest BCUT2D eigenvalue weighted by Gasteiger charge is -2.02. The third-order valence-corrected chi connectivity index (χ3v) is 2.17. The summed E-state index contributed by atoms with van der Waals surface area (Å²) in [6.45, 7) is 0.496. The van der Waals surface area contributed by atoms with Gasteiger partial charge in [0.15, 0.2) is 0 Å². The van der Waals surface area contributed by atoms with Gasteiger partial charge in [0.25, 0.3) is 5.91 Å². The Labute approximate surface area is 93.1 Å². The SMILES string of the molecule is Cn1cc(C(=O)NCc2ccncc2)cn1. The van der Waals surface area contributed by atoms with Crippen LogP contribution in [0.1, 0.15) is 15.9 Å². The largest absolute Gasteiger partial charge is 0.348 e. The van der Waals surface area contributed by atoms with Crippen molar-refractivity contribution in [3.63, 3.8) is 0 Å². The second-order valence-corrected chi connectivity index (χ2v) is 3.44. The van der Waals surface area contributed by atoms with E-state index in [1.165, 1.54) is 0 Å². The van der Waals surface area contributed by atoms with Gasteiger partial charge in [-0.15, -0.1) is 0 Å². The van der Waals surface area contributed by atoms with E-state index in [9.17, 15) is 4.79 Å². The molecule has 2 rings (SSSR count). The Bertz CT molecular complexity index is 478. The van der Waals surface area contributed by atoms with Gasteiger partial charge in [-0.1, -0.05) is 0 Å². The fourth-order valence-corrected chi connectivity index (χ4v) is 1.32. The maximum atomic E-state index is 11.7. The molecule has 0 atom stereocenters.